The van der Waals surface area contributed by atoms with E-state index in [1.807, 2.05) is 47.6 Å². The van der Waals surface area contributed by atoms with Crippen molar-refractivity contribution in [2.75, 3.05) is 25.6 Å². The number of allylic oxidation sites excluding steroid dienone is 2. The van der Waals surface area contributed by atoms with Crippen molar-refractivity contribution in [2.24, 2.45) is 23.7 Å². The Morgan fingerprint density at radius 3 is 2.34 bits per heavy atom. The molecule has 3 aromatic carbocycles. The highest BCUT2D eigenvalue weighted by Crippen LogP contribution is 2.49. The molecule has 5 aliphatic rings. The molecule has 6 heterocycles. The van der Waals surface area contributed by atoms with Crippen LogP contribution in [0.1, 0.15) is 91.6 Å². The molecule has 2 N–H and O–H groups in total. The fourth-order valence-corrected chi connectivity index (χ4v) is 10.1. The number of rotatable bonds is 4. The van der Waals surface area contributed by atoms with Crippen LogP contribution in [0.4, 0.5) is 10.5 Å². The predicted molar refractivity (Wildman–Crippen MR) is 253 cm³/mol. The smallest absolute Gasteiger partial charge is 0.505 e. The summed E-state index contributed by atoms with van der Waals surface area (Å²) >= 11 is 0. The van der Waals surface area contributed by atoms with E-state index >= 15 is 0 Å². The monoisotopic (exact) mass is 938 g/mol. The molecule has 1 aromatic heterocycles. The molecule has 2 fully saturated rings. The number of ketones is 1. The number of nitrogens with one attached hydrogen (secondary N) is 1. The zero-order valence-electron chi connectivity index (χ0n) is 40.7. The Morgan fingerprint density at radius 2 is 1.63 bits per heavy atom. The van der Waals surface area contributed by atoms with E-state index in [0.717, 1.165) is 0 Å². The van der Waals surface area contributed by atoms with Crippen LogP contribution in [0.15, 0.2) is 69.4 Å². The Balaban J connectivity index is 1.24. The highest BCUT2D eigenvalue weighted by atomic mass is 16.8. The normalized spacial score (nSPS) is 32.4. The molecule has 7 bridgehead atoms. The minimum atomic E-state index is -1.53. The third-order valence-corrected chi connectivity index (χ3v) is 13.7. The number of hydrogen-bond donors (Lipinski definition) is 2. The molecule has 0 radical (unpaired) electrons. The molecule has 0 spiro atoms. The summed E-state index contributed by atoms with van der Waals surface area (Å²) in [7, 11) is 1.55. The molecule has 5 aliphatic heterocycles. The van der Waals surface area contributed by atoms with Gasteiger partial charge in [0.25, 0.3) is 5.91 Å². The molecule has 0 saturated carbocycles. The van der Waals surface area contributed by atoms with Crippen molar-refractivity contribution in [1.29, 1.82) is 0 Å². The van der Waals surface area contributed by atoms with Gasteiger partial charge in [0, 0.05) is 53.7 Å². The van der Waals surface area contributed by atoms with Gasteiger partial charge in [0.15, 0.2) is 39.5 Å². The van der Waals surface area contributed by atoms with Crippen LogP contribution in [-0.4, -0.2) is 96.0 Å². The van der Waals surface area contributed by atoms with Gasteiger partial charge in [0.2, 0.25) is 5.78 Å². The van der Waals surface area contributed by atoms with E-state index in [1.165, 1.54) is 6.92 Å². The molecule has 2 unspecified atom stereocenters. The molecule has 9 rings (SSSR count). The first-order chi connectivity index (χ1) is 32.0. The topological polar surface area (TPSA) is 200 Å². The number of methoxy groups -OCH3 is 1. The van der Waals surface area contributed by atoms with Gasteiger partial charge >= 0.3 is 6.16 Å². The van der Waals surface area contributed by atoms with E-state index in [1.54, 1.807) is 83.4 Å². The van der Waals surface area contributed by atoms with Gasteiger partial charge in [-0.15, -0.1) is 0 Å². The van der Waals surface area contributed by atoms with Gasteiger partial charge in [-0.1, -0.05) is 70.2 Å². The molecule has 68 heavy (non-hydrogen) atoms. The van der Waals surface area contributed by atoms with Gasteiger partial charge in [0.1, 0.15) is 41.3 Å². The average Bonchev–Trinajstić information content (AvgIpc) is 3.78. The second-order valence-electron chi connectivity index (χ2n) is 19.8. The number of Topliss-reactive ketones (excluding diaryl/α,β-unsaturated/α-hetero) is 1. The van der Waals surface area contributed by atoms with Gasteiger partial charge in [-0.25, -0.2) is 9.78 Å². The first kappa shape index (κ1) is 48.8. The van der Waals surface area contributed by atoms with Crippen molar-refractivity contribution < 1.29 is 61.8 Å². The quantitative estimate of drug-likeness (QED) is 0.0645. The summed E-state index contributed by atoms with van der Waals surface area (Å²) in [5.74, 6) is -4.84. The zero-order valence-corrected chi connectivity index (χ0v) is 40.7. The summed E-state index contributed by atoms with van der Waals surface area (Å²) in [6.45, 7) is 20.1. The van der Waals surface area contributed by atoms with Crippen molar-refractivity contribution >= 4 is 56.5 Å². The van der Waals surface area contributed by atoms with Gasteiger partial charge in [0.05, 0.1) is 35.9 Å². The molecule has 4 aromatic rings. The minimum Gasteiger partial charge on any atom is -0.505 e. The first-order valence-electron chi connectivity index (χ1n) is 23.2. The number of ether oxygens (including phenoxy) is 8. The first-order valence-corrected chi connectivity index (χ1v) is 23.2. The van der Waals surface area contributed by atoms with Crippen molar-refractivity contribution in [3.8, 4) is 11.5 Å². The maximum absolute atomic E-state index is 14.9. The van der Waals surface area contributed by atoms with Crippen LogP contribution in [-0.2, 0) is 38.0 Å². The number of nitrogens with zero attached hydrogens (tertiary/aromatic N) is 1. The van der Waals surface area contributed by atoms with E-state index in [2.05, 4.69) is 5.32 Å². The van der Waals surface area contributed by atoms with Crippen LogP contribution in [0.25, 0.3) is 33.0 Å². The number of carbonyl (C=O) groups is 3. The van der Waals surface area contributed by atoms with Gasteiger partial charge in [-0.3, -0.25) is 14.4 Å². The van der Waals surface area contributed by atoms with Crippen molar-refractivity contribution in [2.45, 2.75) is 130 Å². The highest BCUT2D eigenvalue weighted by Gasteiger charge is 2.50. The zero-order chi connectivity index (χ0) is 49.2. The van der Waals surface area contributed by atoms with Crippen molar-refractivity contribution in [1.82, 2.24) is 4.98 Å². The molecule has 364 valence electrons. The highest BCUT2D eigenvalue weighted by molar-refractivity contribution is 6.26. The second kappa shape index (κ2) is 18.3. The molecule has 2 saturated heterocycles. The Labute approximate surface area is 394 Å². The molecule has 0 aliphatic carbocycles. The maximum Gasteiger partial charge on any atom is 0.508 e. The van der Waals surface area contributed by atoms with Crippen molar-refractivity contribution in [3.05, 3.63) is 81.6 Å². The fourth-order valence-electron chi connectivity index (χ4n) is 10.1. The van der Waals surface area contributed by atoms with Crippen LogP contribution in [0.3, 0.4) is 0 Å². The van der Waals surface area contributed by atoms with E-state index in [-0.39, 0.29) is 87.6 Å². The standard InChI is InChI=1S/C52H62N2O14/c1-25-17-15-18-26(2)48(58)54-39-41(56)36-35(38-46(39)63-34-20-14-13-19-32(34)53-38)37-45(28(4)40(36)55)68-52(11,47(37)57)22-16-21-33(60-12)27(3)43(30(6)44-29(5)42(25)66-51(9,10)67-44)64-49(59)61-23-31-24-62-50(7,8)65-31/h13-21,25,27,29-31,33,42-44,56H,22-24H2,1-12H3,(H,54,58)/b17-15+,21-16+,26-18-/t25-,27+,29+,30-,31?,33-,42?,43+,44+,52+/m0/s1. The number of phenolic OH excluding ortho intramolecular Hbond substituents is 1. The van der Waals surface area contributed by atoms with E-state index in [9.17, 15) is 24.3 Å². The number of para-hydroxylation sites is 2. The molecule has 16 nitrogen and oxygen atoms in total. The van der Waals surface area contributed by atoms with Crippen LogP contribution < -0.4 is 15.5 Å². The summed E-state index contributed by atoms with van der Waals surface area (Å²) in [6, 6.07) is 6.92. The van der Waals surface area contributed by atoms with Crippen molar-refractivity contribution in [3.63, 3.8) is 0 Å². The Morgan fingerprint density at radius 1 is 0.912 bits per heavy atom. The summed E-state index contributed by atoms with van der Waals surface area (Å²) in [6.07, 6.45) is 5.14. The largest absolute Gasteiger partial charge is 0.508 e. The van der Waals surface area contributed by atoms with Crippen LogP contribution >= 0.6 is 0 Å². The number of benzene rings is 3. The lowest BCUT2D eigenvalue weighted by molar-refractivity contribution is -0.336. The van der Waals surface area contributed by atoms with Crippen LogP contribution in [0, 0.1) is 30.6 Å². The molecular weight excluding hydrogens is 877 g/mol. The number of phenols is 1. The van der Waals surface area contributed by atoms with E-state index < -0.39 is 82.5 Å². The molecule has 16 heteroatoms. The number of hydrogen-bond acceptors (Lipinski definition) is 15. The third-order valence-electron chi connectivity index (χ3n) is 13.7. The maximum atomic E-state index is 14.9. The predicted octanol–water partition coefficient (Wildman–Crippen LogP) is 9.00. The minimum absolute atomic E-state index is 0.0247. The lowest BCUT2D eigenvalue weighted by Gasteiger charge is -2.50. The number of aromatic hydroxyl groups is 1. The third kappa shape index (κ3) is 9.04. The second-order valence-corrected chi connectivity index (χ2v) is 19.8. The Kier molecular flexibility index (Phi) is 13.2. The van der Waals surface area contributed by atoms with E-state index in [0.29, 0.717) is 11.1 Å². The lowest BCUT2D eigenvalue weighted by Crippen LogP contribution is -2.56. The summed E-state index contributed by atoms with van der Waals surface area (Å²) in [5.41, 5.74) is -1.13. The van der Waals surface area contributed by atoms with Gasteiger partial charge in [-0.05, 0) is 60.6 Å². The molecular formula is C52H62N2O14. The SMILES string of the molecule is CO[C@H]1/C=C/C[C@@]2(C)Oc3c(C)c(=O)c4c(O)c(c5oc6ccccc6nc5c4c3C2=O)NC(=O)/C(C)=C\C=C\[C@H](C)C2OC(C)(C)O[C@@H]([C@@H](C)[C@H](OC(=O)OCC3COC(C)(C)O3)[C@@H]1C)[C@@H]2C. The van der Waals surface area contributed by atoms with Crippen LogP contribution in [0.2, 0.25) is 0 Å². The number of aromatic nitrogens is 1. The summed E-state index contributed by atoms with van der Waals surface area (Å²) in [4.78, 5) is 61.9. The van der Waals surface area contributed by atoms with Gasteiger partial charge in [-0.2, -0.15) is 0 Å². The Hall–Kier alpha value is -5.65. The fraction of sp³-hybridized carbons (Fsp3) is 0.519. The number of carbonyl (C=O) groups excluding carboxylic acids is 3. The summed E-state index contributed by atoms with van der Waals surface area (Å²) in [5, 5.41) is 14.7. The number of amides is 1. The average molecular weight is 939 g/mol. The molecule has 1 amide bonds. The Bertz CT molecular complexity index is 2830. The number of fused-ring (bicyclic) bond motifs is 10. The number of anilines is 1. The van der Waals surface area contributed by atoms with Crippen LogP contribution in [0.5, 0.6) is 11.5 Å². The van der Waals surface area contributed by atoms with E-state index in [4.69, 9.17) is 47.3 Å². The summed E-state index contributed by atoms with van der Waals surface area (Å²) < 4.78 is 55.6. The molecule has 10 atom stereocenters. The van der Waals surface area contributed by atoms with Gasteiger partial charge < -0.3 is 52.7 Å². The lowest BCUT2D eigenvalue weighted by atomic mass is 9.77.